The van der Waals surface area contributed by atoms with Crippen LogP contribution < -0.4 is 5.32 Å². The van der Waals surface area contributed by atoms with Crippen molar-refractivity contribution in [2.24, 2.45) is 0 Å². The molecule has 33 heavy (non-hydrogen) atoms. The maximum atomic E-state index is 13.2. The molecule has 2 aromatic rings. The summed E-state index contributed by atoms with van der Waals surface area (Å²) in [5.41, 5.74) is -0.0660. The highest BCUT2D eigenvalue weighted by Gasteiger charge is 2.41. The Bertz CT molecular complexity index is 1100. The monoisotopic (exact) mass is 478 g/mol. The van der Waals surface area contributed by atoms with Gasteiger partial charge < -0.3 is 20.1 Å². The van der Waals surface area contributed by atoms with Gasteiger partial charge in [0.25, 0.3) is 10.0 Å². The molecule has 0 radical (unpaired) electrons. The molecule has 10 nitrogen and oxygen atoms in total. The number of benzene rings is 1. The van der Waals surface area contributed by atoms with Crippen molar-refractivity contribution in [3.05, 3.63) is 41.9 Å². The lowest BCUT2D eigenvalue weighted by Gasteiger charge is -2.27. The quantitative estimate of drug-likeness (QED) is 0.514. The van der Waals surface area contributed by atoms with E-state index in [1.807, 2.05) is 0 Å². The summed E-state index contributed by atoms with van der Waals surface area (Å²) in [6, 6.07) is 4.28. The first-order chi connectivity index (χ1) is 15.4. The minimum Gasteiger partial charge on any atom is -0.508 e. The van der Waals surface area contributed by atoms with Gasteiger partial charge in [-0.15, -0.1) is 0 Å². The topological polar surface area (TPSA) is 142 Å². The van der Waals surface area contributed by atoms with Gasteiger partial charge in [0.2, 0.25) is 5.91 Å². The van der Waals surface area contributed by atoms with Crippen LogP contribution in [0.5, 0.6) is 5.75 Å². The number of phenols is 1. The fraction of sp³-hybridized carbons (Fsp3) is 0.500. The van der Waals surface area contributed by atoms with E-state index in [2.05, 4.69) is 15.3 Å². The van der Waals surface area contributed by atoms with Crippen LogP contribution >= 0.6 is 0 Å². The fourth-order valence-electron chi connectivity index (χ4n) is 3.65. The zero-order chi connectivity index (χ0) is 24.4. The second-order valence-corrected chi connectivity index (χ2v) is 10.9. The second kappa shape index (κ2) is 9.52. The van der Waals surface area contributed by atoms with Gasteiger partial charge in [-0.05, 0) is 58.2 Å². The van der Waals surface area contributed by atoms with Crippen molar-refractivity contribution in [3.8, 4) is 5.75 Å². The Morgan fingerprint density at radius 3 is 2.55 bits per heavy atom. The van der Waals surface area contributed by atoms with Crippen molar-refractivity contribution >= 4 is 21.9 Å². The van der Waals surface area contributed by atoms with Crippen molar-refractivity contribution in [1.29, 1.82) is 0 Å². The van der Waals surface area contributed by atoms with Gasteiger partial charge in [-0.3, -0.25) is 4.79 Å². The summed E-state index contributed by atoms with van der Waals surface area (Å²) in [5, 5.41) is 12.1. The Balaban J connectivity index is 1.81. The third-order valence-electron chi connectivity index (χ3n) is 5.16. The van der Waals surface area contributed by atoms with E-state index in [1.54, 1.807) is 39.8 Å². The minimum absolute atomic E-state index is 0.0764. The number of H-pyrrole nitrogens is 1. The smallest absolute Gasteiger partial charge is 0.329 e. The van der Waals surface area contributed by atoms with Gasteiger partial charge in [0.15, 0.2) is 5.03 Å². The Kier molecular flexibility index (Phi) is 7.13. The van der Waals surface area contributed by atoms with E-state index < -0.39 is 39.6 Å². The maximum Gasteiger partial charge on any atom is 0.329 e. The van der Waals surface area contributed by atoms with Crippen molar-refractivity contribution in [3.63, 3.8) is 0 Å². The molecule has 2 atom stereocenters. The van der Waals surface area contributed by atoms with Crippen LogP contribution in [0.25, 0.3) is 0 Å². The summed E-state index contributed by atoms with van der Waals surface area (Å²) in [6.07, 6.45) is 2.20. The maximum absolute atomic E-state index is 13.2. The number of carbonyl (C=O) groups is 2. The van der Waals surface area contributed by atoms with E-state index in [0.717, 1.165) is 4.31 Å². The molecular formula is C22H30N4O6S. The summed E-state index contributed by atoms with van der Waals surface area (Å²) in [5.74, 6) is -0.660. The molecule has 180 valence electrons. The zero-order valence-corrected chi connectivity index (χ0v) is 20.0. The van der Waals surface area contributed by atoms with Crippen molar-refractivity contribution in [2.45, 2.75) is 69.7 Å². The van der Waals surface area contributed by atoms with Gasteiger partial charge in [-0.25, -0.2) is 18.2 Å². The summed E-state index contributed by atoms with van der Waals surface area (Å²) in [4.78, 5) is 32.7. The average molecular weight is 479 g/mol. The molecule has 1 saturated heterocycles. The van der Waals surface area contributed by atoms with E-state index in [9.17, 15) is 23.1 Å². The largest absolute Gasteiger partial charge is 0.508 e. The predicted molar refractivity (Wildman–Crippen MR) is 120 cm³/mol. The molecule has 1 fully saturated rings. The van der Waals surface area contributed by atoms with Crippen LogP contribution in [0.1, 0.15) is 45.0 Å². The number of aryl methyl sites for hydroxylation is 1. The third kappa shape index (κ3) is 6.11. The summed E-state index contributed by atoms with van der Waals surface area (Å²) >= 11 is 0. The number of aromatic nitrogens is 2. The number of phenolic OH excluding ortho intramolecular Hbond substituents is 1. The van der Waals surface area contributed by atoms with Crippen LogP contribution in [0.15, 0.2) is 35.5 Å². The molecule has 1 aliphatic rings. The van der Waals surface area contributed by atoms with Gasteiger partial charge in [0, 0.05) is 13.0 Å². The number of hydrogen-bond acceptors (Lipinski definition) is 7. The van der Waals surface area contributed by atoms with Crippen LogP contribution in [0, 0.1) is 6.92 Å². The Labute approximate surface area is 193 Å². The number of nitrogens with one attached hydrogen (secondary N) is 2. The second-order valence-electron chi connectivity index (χ2n) is 9.07. The number of rotatable bonds is 7. The lowest BCUT2D eigenvalue weighted by molar-refractivity contribution is -0.158. The molecule has 2 heterocycles. The van der Waals surface area contributed by atoms with Crippen LogP contribution in [0.2, 0.25) is 0 Å². The van der Waals surface area contributed by atoms with Crippen LogP contribution in [0.4, 0.5) is 0 Å². The predicted octanol–water partition coefficient (Wildman–Crippen LogP) is 1.65. The molecule has 11 heteroatoms. The number of ether oxygens (including phenoxy) is 1. The van der Waals surface area contributed by atoms with Gasteiger partial charge in [-0.1, -0.05) is 12.1 Å². The van der Waals surface area contributed by atoms with E-state index in [4.69, 9.17) is 4.74 Å². The number of imidazole rings is 1. The number of sulfonamides is 1. The molecule has 0 spiro atoms. The van der Waals surface area contributed by atoms with E-state index in [-0.39, 0.29) is 23.7 Å². The summed E-state index contributed by atoms with van der Waals surface area (Å²) in [6.45, 7) is 7.00. The molecule has 0 saturated carbocycles. The molecule has 1 aromatic carbocycles. The molecule has 1 aromatic heterocycles. The molecular weight excluding hydrogens is 448 g/mol. The van der Waals surface area contributed by atoms with Crippen LogP contribution in [0.3, 0.4) is 0 Å². The molecule has 0 unspecified atom stereocenters. The van der Waals surface area contributed by atoms with Crippen molar-refractivity contribution in [2.75, 3.05) is 6.54 Å². The van der Waals surface area contributed by atoms with Crippen molar-refractivity contribution in [1.82, 2.24) is 19.6 Å². The van der Waals surface area contributed by atoms with Gasteiger partial charge in [-0.2, -0.15) is 4.31 Å². The molecule has 1 aliphatic heterocycles. The van der Waals surface area contributed by atoms with Gasteiger partial charge in [0.05, 0.1) is 6.20 Å². The lowest BCUT2D eigenvalue weighted by atomic mass is 10.0. The average Bonchev–Trinajstić information content (AvgIpc) is 3.37. The highest BCUT2D eigenvalue weighted by Crippen LogP contribution is 2.26. The third-order valence-corrected chi connectivity index (χ3v) is 6.97. The molecule has 0 aliphatic carbocycles. The molecule has 3 N–H and O–H groups in total. The minimum atomic E-state index is -3.95. The van der Waals surface area contributed by atoms with Gasteiger partial charge in [0.1, 0.15) is 29.3 Å². The molecule has 3 rings (SSSR count). The van der Waals surface area contributed by atoms with Crippen LogP contribution in [-0.2, 0) is 30.8 Å². The summed E-state index contributed by atoms with van der Waals surface area (Å²) < 4.78 is 32.7. The van der Waals surface area contributed by atoms with E-state index in [1.165, 1.54) is 18.3 Å². The molecule has 0 bridgehead atoms. The Hall–Kier alpha value is -2.92. The van der Waals surface area contributed by atoms with E-state index in [0.29, 0.717) is 24.2 Å². The fourth-order valence-corrected chi connectivity index (χ4v) is 5.27. The lowest BCUT2D eigenvalue weighted by Crippen LogP contribution is -2.52. The number of aromatic hydroxyl groups is 1. The molecule has 1 amide bonds. The van der Waals surface area contributed by atoms with E-state index >= 15 is 0 Å². The first-order valence-corrected chi connectivity index (χ1v) is 12.2. The zero-order valence-electron chi connectivity index (χ0n) is 19.2. The number of carbonyl (C=O) groups excluding carboxylic acids is 2. The summed E-state index contributed by atoms with van der Waals surface area (Å²) in [7, 11) is -3.95. The number of amides is 1. The van der Waals surface area contributed by atoms with Crippen molar-refractivity contribution < 1.29 is 27.9 Å². The number of nitrogens with zero attached hydrogens (tertiary/aromatic N) is 2. The highest BCUT2D eigenvalue weighted by atomic mass is 32.2. The number of aromatic amines is 1. The number of esters is 1. The van der Waals surface area contributed by atoms with Crippen LogP contribution in [-0.4, -0.2) is 63.9 Å². The Morgan fingerprint density at radius 1 is 1.30 bits per heavy atom. The SMILES string of the molecule is Cc1ncc(S(=O)(=O)N2CCC[C@H]2C(=O)N[C@@H](Cc2ccc(O)cc2)C(=O)OC(C)(C)C)[nH]1. The normalized spacial score (nSPS) is 18.1. The Morgan fingerprint density at radius 2 is 1.97 bits per heavy atom. The highest BCUT2D eigenvalue weighted by molar-refractivity contribution is 7.89. The first-order valence-electron chi connectivity index (χ1n) is 10.7. The standard InChI is InChI=1S/C22H30N4O6S/c1-14-23-13-19(24-14)33(30,31)26-11-5-6-18(26)20(28)25-17(21(29)32-22(2,3)4)12-15-7-9-16(27)10-8-15/h7-10,13,17-18,27H,5-6,11-12H2,1-4H3,(H,23,24)(H,25,28)/t17-,18-/m0/s1. The van der Waals surface area contributed by atoms with Gasteiger partial charge >= 0.3 is 5.97 Å². The first kappa shape index (κ1) is 24.7. The number of hydrogen-bond donors (Lipinski definition) is 3.